The van der Waals surface area contributed by atoms with Crippen LogP contribution in [0.15, 0.2) is 16.8 Å². The zero-order valence-corrected chi connectivity index (χ0v) is 9.65. The topological polar surface area (TPSA) is 12.0 Å². The van der Waals surface area contributed by atoms with E-state index < -0.39 is 0 Å². The molecule has 1 heterocycles. The Morgan fingerprint density at radius 3 is 3.14 bits per heavy atom. The molecule has 1 aliphatic carbocycles. The van der Waals surface area contributed by atoms with Crippen molar-refractivity contribution >= 4 is 11.3 Å². The molecule has 1 N–H and O–H groups in total. The van der Waals surface area contributed by atoms with Gasteiger partial charge < -0.3 is 5.32 Å². The van der Waals surface area contributed by atoms with Crippen molar-refractivity contribution in [2.24, 2.45) is 0 Å². The first kappa shape index (κ1) is 10.2. The van der Waals surface area contributed by atoms with Gasteiger partial charge in [0.1, 0.15) is 0 Å². The summed E-state index contributed by atoms with van der Waals surface area (Å²) in [6.45, 7) is 3.41. The van der Waals surface area contributed by atoms with E-state index in [1.165, 1.54) is 32.2 Å². The summed E-state index contributed by atoms with van der Waals surface area (Å²) < 4.78 is 0. The predicted molar refractivity (Wildman–Crippen MR) is 63.0 cm³/mol. The Hall–Kier alpha value is -0.340. The Bertz CT molecular complexity index is 255. The van der Waals surface area contributed by atoms with Gasteiger partial charge >= 0.3 is 0 Å². The second-order valence-corrected chi connectivity index (χ2v) is 4.93. The molecule has 1 fully saturated rings. The fraction of sp³-hybridized carbons (Fsp3) is 0.667. The van der Waals surface area contributed by atoms with E-state index >= 15 is 0 Å². The Balaban J connectivity index is 1.97. The third-order valence-electron chi connectivity index (χ3n) is 3.14. The van der Waals surface area contributed by atoms with Gasteiger partial charge in [0.25, 0.3) is 0 Å². The van der Waals surface area contributed by atoms with Crippen molar-refractivity contribution in [2.75, 3.05) is 6.54 Å². The zero-order chi connectivity index (χ0) is 9.80. The van der Waals surface area contributed by atoms with Gasteiger partial charge in [-0.15, -0.1) is 0 Å². The van der Waals surface area contributed by atoms with Crippen LogP contribution in [0.1, 0.15) is 44.1 Å². The first-order valence-corrected chi connectivity index (χ1v) is 6.61. The summed E-state index contributed by atoms with van der Waals surface area (Å²) in [5.74, 6) is 0.785. The van der Waals surface area contributed by atoms with Gasteiger partial charge in [0.15, 0.2) is 0 Å². The van der Waals surface area contributed by atoms with Crippen LogP contribution in [0.25, 0.3) is 0 Å². The van der Waals surface area contributed by atoms with Gasteiger partial charge in [-0.3, -0.25) is 0 Å². The maximum Gasteiger partial charge on any atom is 0.0136 e. The molecule has 14 heavy (non-hydrogen) atoms. The minimum absolute atomic E-state index is 0.740. The molecule has 0 radical (unpaired) electrons. The van der Waals surface area contributed by atoms with Crippen LogP contribution in [0.5, 0.6) is 0 Å². The lowest BCUT2D eigenvalue weighted by atomic mass is 9.97. The van der Waals surface area contributed by atoms with Crippen molar-refractivity contribution in [3.8, 4) is 0 Å². The Morgan fingerprint density at radius 2 is 2.43 bits per heavy atom. The molecular weight excluding hydrogens is 190 g/mol. The Morgan fingerprint density at radius 1 is 1.50 bits per heavy atom. The average molecular weight is 209 g/mol. The molecule has 0 aromatic carbocycles. The van der Waals surface area contributed by atoms with E-state index in [1.54, 1.807) is 5.56 Å². The lowest BCUT2D eigenvalue weighted by Crippen LogP contribution is -2.31. The van der Waals surface area contributed by atoms with E-state index in [-0.39, 0.29) is 0 Å². The van der Waals surface area contributed by atoms with Gasteiger partial charge in [-0.05, 0) is 48.2 Å². The molecule has 2 atom stereocenters. The molecule has 1 aromatic rings. The normalized spacial score (nSPS) is 26.9. The monoisotopic (exact) mass is 209 g/mol. The molecule has 0 bridgehead atoms. The van der Waals surface area contributed by atoms with Gasteiger partial charge in [-0.25, -0.2) is 0 Å². The summed E-state index contributed by atoms with van der Waals surface area (Å²) in [4.78, 5) is 0. The fourth-order valence-electron chi connectivity index (χ4n) is 2.42. The summed E-state index contributed by atoms with van der Waals surface area (Å²) >= 11 is 1.82. The van der Waals surface area contributed by atoms with Gasteiger partial charge in [-0.2, -0.15) is 11.3 Å². The van der Waals surface area contributed by atoms with E-state index in [1.807, 2.05) is 11.3 Å². The minimum Gasteiger partial charge on any atom is -0.313 e. The van der Waals surface area contributed by atoms with Crippen molar-refractivity contribution < 1.29 is 0 Å². The van der Waals surface area contributed by atoms with Crippen molar-refractivity contribution in [3.05, 3.63) is 22.4 Å². The molecule has 78 valence electrons. The van der Waals surface area contributed by atoms with Crippen LogP contribution in [0, 0.1) is 0 Å². The smallest absolute Gasteiger partial charge is 0.0136 e. The number of hydrogen-bond acceptors (Lipinski definition) is 2. The molecule has 1 aromatic heterocycles. The maximum absolute atomic E-state index is 3.67. The molecule has 1 aliphatic rings. The second kappa shape index (κ2) is 4.94. The number of rotatable bonds is 4. The van der Waals surface area contributed by atoms with E-state index in [0.29, 0.717) is 0 Å². The van der Waals surface area contributed by atoms with Crippen molar-refractivity contribution in [1.29, 1.82) is 0 Å². The SMILES string of the molecule is CCCNC1CCCC1c1ccsc1. The molecule has 0 spiro atoms. The van der Waals surface area contributed by atoms with Crippen molar-refractivity contribution in [2.45, 2.75) is 44.6 Å². The number of thiophene rings is 1. The van der Waals surface area contributed by atoms with Crippen LogP contribution in [0.4, 0.5) is 0 Å². The third-order valence-corrected chi connectivity index (χ3v) is 3.85. The quantitative estimate of drug-likeness (QED) is 0.801. The largest absolute Gasteiger partial charge is 0.313 e. The van der Waals surface area contributed by atoms with Crippen LogP contribution in [-0.4, -0.2) is 12.6 Å². The first-order valence-electron chi connectivity index (χ1n) is 5.67. The van der Waals surface area contributed by atoms with Gasteiger partial charge in [0, 0.05) is 12.0 Å². The van der Waals surface area contributed by atoms with Gasteiger partial charge in [0.05, 0.1) is 0 Å². The molecule has 0 amide bonds. The summed E-state index contributed by atoms with van der Waals surface area (Å²) in [6, 6.07) is 3.03. The van der Waals surface area contributed by atoms with E-state index in [9.17, 15) is 0 Å². The summed E-state index contributed by atoms with van der Waals surface area (Å²) in [5.41, 5.74) is 1.56. The van der Waals surface area contributed by atoms with E-state index in [4.69, 9.17) is 0 Å². The number of hydrogen-bond donors (Lipinski definition) is 1. The molecular formula is C12H19NS. The van der Waals surface area contributed by atoms with Crippen LogP contribution >= 0.6 is 11.3 Å². The standard InChI is InChI=1S/C12H19NS/c1-2-7-13-12-5-3-4-11(12)10-6-8-14-9-10/h6,8-9,11-13H,2-5,7H2,1H3. The zero-order valence-electron chi connectivity index (χ0n) is 8.83. The Kier molecular flexibility index (Phi) is 3.60. The van der Waals surface area contributed by atoms with Crippen molar-refractivity contribution in [1.82, 2.24) is 5.32 Å². The van der Waals surface area contributed by atoms with Crippen molar-refractivity contribution in [3.63, 3.8) is 0 Å². The molecule has 0 aliphatic heterocycles. The van der Waals surface area contributed by atoms with Gasteiger partial charge in [-0.1, -0.05) is 13.3 Å². The lowest BCUT2D eigenvalue weighted by molar-refractivity contribution is 0.479. The molecule has 1 nitrogen and oxygen atoms in total. The predicted octanol–water partition coefficient (Wildman–Crippen LogP) is 3.38. The maximum atomic E-state index is 3.67. The third kappa shape index (κ3) is 2.18. The van der Waals surface area contributed by atoms with E-state index in [0.717, 1.165) is 12.0 Å². The van der Waals surface area contributed by atoms with Gasteiger partial charge in [0.2, 0.25) is 0 Å². The Labute approximate surface area is 90.5 Å². The van der Waals surface area contributed by atoms with Crippen LogP contribution in [-0.2, 0) is 0 Å². The molecule has 2 heteroatoms. The van der Waals surface area contributed by atoms with Crippen LogP contribution in [0.2, 0.25) is 0 Å². The molecule has 0 saturated heterocycles. The molecule has 2 rings (SSSR count). The first-order chi connectivity index (χ1) is 6.92. The summed E-state index contributed by atoms with van der Waals surface area (Å²) in [5, 5.41) is 8.19. The van der Waals surface area contributed by atoms with E-state index in [2.05, 4.69) is 29.1 Å². The average Bonchev–Trinajstić information content (AvgIpc) is 2.84. The highest BCUT2D eigenvalue weighted by Gasteiger charge is 2.27. The number of nitrogens with one attached hydrogen (secondary N) is 1. The highest BCUT2D eigenvalue weighted by atomic mass is 32.1. The fourth-order valence-corrected chi connectivity index (χ4v) is 3.14. The highest BCUT2D eigenvalue weighted by Crippen LogP contribution is 2.35. The summed E-state index contributed by atoms with van der Waals surface area (Å²) in [6.07, 6.45) is 5.37. The second-order valence-electron chi connectivity index (χ2n) is 4.15. The lowest BCUT2D eigenvalue weighted by Gasteiger charge is -2.19. The minimum atomic E-state index is 0.740. The highest BCUT2D eigenvalue weighted by molar-refractivity contribution is 7.07. The van der Waals surface area contributed by atoms with Crippen LogP contribution < -0.4 is 5.32 Å². The molecule has 2 unspecified atom stereocenters. The summed E-state index contributed by atoms with van der Waals surface area (Å²) in [7, 11) is 0. The molecule has 1 saturated carbocycles. The van der Waals surface area contributed by atoms with Crippen LogP contribution in [0.3, 0.4) is 0 Å².